The summed E-state index contributed by atoms with van der Waals surface area (Å²) in [5, 5.41) is 11.9. The largest absolute Gasteiger partial charge is 0.496 e. The van der Waals surface area contributed by atoms with E-state index in [4.69, 9.17) is 16.3 Å². The third-order valence-electron chi connectivity index (χ3n) is 4.13. The molecule has 0 aliphatic carbocycles. The van der Waals surface area contributed by atoms with Gasteiger partial charge in [-0.05, 0) is 32.0 Å². The van der Waals surface area contributed by atoms with Gasteiger partial charge in [-0.3, -0.25) is 14.2 Å². The molecule has 0 aliphatic heterocycles. The van der Waals surface area contributed by atoms with Gasteiger partial charge in [0.25, 0.3) is 5.91 Å². The van der Waals surface area contributed by atoms with Gasteiger partial charge in [0.2, 0.25) is 0 Å². The van der Waals surface area contributed by atoms with Gasteiger partial charge in [-0.1, -0.05) is 11.6 Å². The first-order chi connectivity index (χ1) is 12.5. The van der Waals surface area contributed by atoms with Gasteiger partial charge in [0.05, 0.1) is 37.3 Å². The first-order valence-corrected chi connectivity index (χ1v) is 8.58. The van der Waals surface area contributed by atoms with Gasteiger partial charge in [0.1, 0.15) is 5.75 Å². The Balaban J connectivity index is 1.73. The summed E-state index contributed by atoms with van der Waals surface area (Å²) < 4.78 is 8.92. The number of aryl methyl sites for hydroxylation is 1. The number of nitrogens with one attached hydrogen (secondary N) is 1. The summed E-state index contributed by atoms with van der Waals surface area (Å²) in [6.45, 7) is 5.49. The van der Waals surface area contributed by atoms with Crippen molar-refractivity contribution in [3.8, 4) is 5.75 Å². The summed E-state index contributed by atoms with van der Waals surface area (Å²) in [4.78, 5) is 12.5. The van der Waals surface area contributed by atoms with Crippen LogP contribution in [-0.4, -0.2) is 32.6 Å². The number of halogens is 1. The standard InChI is InChI=1S/C18H20ClN5O2/c1-4-24-12(2)13(8-21-24)10-23-11-15(9-20-23)22-18(25)16-7-14(19)5-6-17(16)26-3/h5-9,11H,4,10H2,1-3H3,(H,22,25). The molecule has 2 aromatic heterocycles. The molecule has 0 radical (unpaired) electrons. The molecule has 0 fully saturated rings. The van der Waals surface area contributed by atoms with E-state index in [1.165, 1.54) is 7.11 Å². The van der Waals surface area contributed by atoms with Crippen molar-refractivity contribution in [1.29, 1.82) is 0 Å². The molecule has 1 amide bonds. The van der Waals surface area contributed by atoms with Crippen molar-refractivity contribution in [3.63, 3.8) is 0 Å². The van der Waals surface area contributed by atoms with Crippen LogP contribution in [0.4, 0.5) is 5.69 Å². The highest BCUT2D eigenvalue weighted by Crippen LogP contribution is 2.23. The molecule has 0 saturated carbocycles. The zero-order chi connectivity index (χ0) is 18.7. The van der Waals surface area contributed by atoms with Crippen LogP contribution in [0, 0.1) is 6.92 Å². The molecule has 7 nitrogen and oxygen atoms in total. The highest BCUT2D eigenvalue weighted by atomic mass is 35.5. The van der Waals surface area contributed by atoms with Crippen molar-refractivity contribution >= 4 is 23.2 Å². The quantitative estimate of drug-likeness (QED) is 0.718. The third kappa shape index (κ3) is 3.72. The number of carbonyl (C=O) groups is 1. The number of ether oxygens (including phenoxy) is 1. The first-order valence-electron chi connectivity index (χ1n) is 8.20. The maximum absolute atomic E-state index is 12.5. The molecule has 0 aliphatic rings. The van der Waals surface area contributed by atoms with Gasteiger partial charge in [0.15, 0.2) is 0 Å². The number of hydrogen-bond acceptors (Lipinski definition) is 4. The highest BCUT2D eigenvalue weighted by molar-refractivity contribution is 6.31. The molecule has 26 heavy (non-hydrogen) atoms. The van der Waals surface area contributed by atoms with Gasteiger partial charge in [-0.25, -0.2) is 0 Å². The SMILES string of the molecule is CCn1ncc(Cn2cc(NC(=O)c3cc(Cl)ccc3OC)cn2)c1C. The Hall–Kier alpha value is -2.80. The van der Waals surface area contributed by atoms with E-state index in [-0.39, 0.29) is 5.91 Å². The van der Waals surface area contributed by atoms with Gasteiger partial charge in [-0.15, -0.1) is 0 Å². The van der Waals surface area contributed by atoms with Gasteiger partial charge in [0, 0.05) is 29.0 Å². The van der Waals surface area contributed by atoms with Crippen LogP contribution < -0.4 is 10.1 Å². The van der Waals surface area contributed by atoms with E-state index in [0.717, 1.165) is 17.8 Å². The fourth-order valence-electron chi connectivity index (χ4n) is 2.70. The predicted octanol–water partition coefficient (Wildman–Crippen LogP) is 3.37. The maximum atomic E-state index is 12.5. The molecular formula is C18H20ClN5O2. The van der Waals surface area contributed by atoms with E-state index in [1.807, 2.05) is 17.8 Å². The van der Waals surface area contributed by atoms with Crippen LogP contribution in [-0.2, 0) is 13.1 Å². The minimum atomic E-state index is -0.307. The number of hydrogen-bond donors (Lipinski definition) is 1. The molecule has 1 aromatic carbocycles. The minimum absolute atomic E-state index is 0.307. The van der Waals surface area contributed by atoms with Crippen LogP contribution in [0.1, 0.15) is 28.5 Å². The topological polar surface area (TPSA) is 74.0 Å². The molecule has 3 rings (SSSR count). The van der Waals surface area contributed by atoms with E-state index in [0.29, 0.717) is 28.6 Å². The zero-order valence-electron chi connectivity index (χ0n) is 14.9. The minimum Gasteiger partial charge on any atom is -0.496 e. The summed E-state index contributed by atoms with van der Waals surface area (Å²) in [6, 6.07) is 4.91. The van der Waals surface area contributed by atoms with Crippen LogP contribution in [0.3, 0.4) is 0 Å². The van der Waals surface area contributed by atoms with Gasteiger partial charge < -0.3 is 10.1 Å². The average Bonchev–Trinajstić information content (AvgIpc) is 3.22. The summed E-state index contributed by atoms with van der Waals surface area (Å²) >= 11 is 5.98. The highest BCUT2D eigenvalue weighted by Gasteiger charge is 2.14. The molecule has 1 N–H and O–H groups in total. The molecule has 3 aromatic rings. The van der Waals surface area contributed by atoms with Crippen molar-refractivity contribution in [2.24, 2.45) is 0 Å². The zero-order valence-corrected chi connectivity index (χ0v) is 15.6. The van der Waals surface area contributed by atoms with Gasteiger partial charge >= 0.3 is 0 Å². The summed E-state index contributed by atoms with van der Waals surface area (Å²) in [6.07, 6.45) is 5.22. The van der Waals surface area contributed by atoms with E-state index >= 15 is 0 Å². The summed E-state index contributed by atoms with van der Waals surface area (Å²) in [5.74, 6) is 0.153. The molecule has 0 unspecified atom stereocenters. The number of methoxy groups -OCH3 is 1. The number of nitrogens with zero attached hydrogens (tertiary/aromatic N) is 4. The predicted molar refractivity (Wildman–Crippen MR) is 99.9 cm³/mol. The maximum Gasteiger partial charge on any atom is 0.259 e. The number of rotatable bonds is 6. The molecule has 0 atom stereocenters. The lowest BCUT2D eigenvalue weighted by Crippen LogP contribution is -2.13. The molecule has 8 heteroatoms. The van der Waals surface area contributed by atoms with Crippen molar-refractivity contribution in [1.82, 2.24) is 19.6 Å². The Labute approximate surface area is 156 Å². The lowest BCUT2D eigenvalue weighted by atomic mass is 10.2. The fourth-order valence-corrected chi connectivity index (χ4v) is 2.88. The van der Waals surface area contributed by atoms with Crippen LogP contribution in [0.15, 0.2) is 36.8 Å². The number of carbonyl (C=O) groups excluding carboxylic acids is 1. The third-order valence-corrected chi connectivity index (χ3v) is 4.37. The van der Waals surface area contributed by atoms with E-state index in [9.17, 15) is 4.79 Å². The van der Waals surface area contributed by atoms with E-state index in [2.05, 4.69) is 22.4 Å². The van der Waals surface area contributed by atoms with Crippen LogP contribution in [0.25, 0.3) is 0 Å². The molecule has 136 valence electrons. The molecule has 0 saturated heterocycles. The first kappa shape index (κ1) is 18.0. The second-order valence-electron chi connectivity index (χ2n) is 5.80. The molecule has 0 bridgehead atoms. The van der Waals surface area contributed by atoms with Crippen molar-refractivity contribution in [3.05, 3.63) is 58.6 Å². The smallest absolute Gasteiger partial charge is 0.259 e. The fraction of sp³-hybridized carbons (Fsp3) is 0.278. The second kappa shape index (κ2) is 7.61. The second-order valence-corrected chi connectivity index (χ2v) is 6.23. The van der Waals surface area contributed by atoms with Crippen LogP contribution >= 0.6 is 11.6 Å². The Morgan fingerprint density at radius 2 is 2.12 bits per heavy atom. The van der Waals surface area contributed by atoms with E-state index in [1.54, 1.807) is 35.3 Å². The normalized spacial score (nSPS) is 10.8. The van der Waals surface area contributed by atoms with Crippen molar-refractivity contribution in [2.75, 3.05) is 12.4 Å². The number of anilines is 1. The van der Waals surface area contributed by atoms with E-state index < -0.39 is 0 Å². The summed E-state index contributed by atoms with van der Waals surface area (Å²) in [7, 11) is 1.51. The molecule has 0 spiro atoms. The van der Waals surface area contributed by atoms with Crippen molar-refractivity contribution in [2.45, 2.75) is 26.9 Å². The number of aromatic nitrogens is 4. The van der Waals surface area contributed by atoms with Crippen molar-refractivity contribution < 1.29 is 9.53 Å². The Kier molecular flexibility index (Phi) is 5.27. The Bertz CT molecular complexity index is 932. The van der Waals surface area contributed by atoms with Crippen LogP contribution in [0.5, 0.6) is 5.75 Å². The van der Waals surface area contributed by atoms with Crippen LogP contribution in [0.2, 0.25) is 5.02 Å². The number of benzene rings is 1. The Morgan fingerprint density at radius 1 is 1.31 bits per heavy atom. The lowest BCUT2D eigenvalue weighted by molar-refractivity contribution is 0.102. The lowest BCUT2D eigenvalue weighted by Gasteiger charge is -2.08. The van der Waals surface area contributed by atoms with Gasteiger partial charge in [-0.2, -0.15) is 10.2 Å². The average molecular weight is 374 g/mol. The molecule has 2 heterocycles. The Morgan fingerprint density at radius 3 is 2.81 bits per heavy atom. The summed E-state index contributed by atoms with van der Waals surface area (Å²) in [5.41, 5.74) is 3.16. The molecular weight excluding hydrogens is 354 g/mol. The monoisotopic (exact) mass is 373 g/mol. The number of amides is 1.